The predicted octanol–water partition coefficient (Wildman–Crippen LogP) is 3.88. The molecule has 124 valence electrons. The molecular formula is C20H21NO3. The van der Waals surface area contributed by atoms with Crippen LogP contribution in [0.2, 0.25) is 0 Å². The zero-order valence-electron chi connectivity index (χ0n) is 14.2. The molecule has 2 aromatic carbocycles. The van der Waals surface area contributed by atoms with Crippen molar-refractivity contribution in [3.8, 4) is 5.75 Å². The third kappa shape index (κ3) is 2.87. The van der Waals surface area contributed by atoms with Crippen molar-refractivity contribution in [1.82, 2.24) is 4.57 Å². The molecule has 0 aliphatic carbocycles. The summed E-state index contributed by atoms with van der Waals surface area (Å²) in [5.41, 5.74) is 2.90. The molecule has 0 aliphatic heterocycles. The molecular weight excluding hydrogens is 302 g/mol. The van der Waals surface area contributed by atoms with Crippen LogP contribution in [0.4, 0.5) is 0 Å². The number of hydrogen-bond acceptors (Lipinski definition) is 3. The molecule has 0 radical (unpaired) electrons. The van der Waals surface area contributed by atoms with E-state index in [4.69, 9.17) is 9.47 Å². The number of aromatic nitrogens is 1. The van der Waals surface area contributed by atoms with Crippen LogP contribution in [0.25, 0.3) is 10.9 Å². The summed E-state index contributed by atoms with van der Waals surface area (Å²) in [6, 6.07) is 15.6. The lowest BCUT2D eigenvalue weighted by Gasteiger charge is -2.16. The minimum absolute atomic E-state index is 0.237. The summed E-state index contributed by atoms with van der Waals surface area (Å²) < 4.78 is 12.7. The molecule has 0 N–H and O–H groups in total. The number of carbonyl (C=O) groups is 1. The van der Waals surface area contributed by atoms with E-state index in [1.807, 2.05) is 73.3 Å². The molecule has 4 nitrogen and oxygen atoms in total. The first-order valence-corrected chi connectivity index (χ1v) is 8.00. The number of benzene rings is 2. The normalized spacial score (nSPS) is 12.1. The van der Waals surface area contributed by atoms with Gasteiger partial charge in [-0.05, 0) is 36.2 Å². The number of ether oxygens (including phenoxy) is 2. The maximum atomic E-state index is 12.7. The van der Waals surface area contributed by atoms with E-state index in [-0.39, 0.29) is 5.97 Å². The lowest BCUT2D eigenvalue weighted by molar-refractivity contribution is -0.143. The molecule has 0 amide bonds. The van der Waals surface area contributed by atoms with E-state index in [2.05, 4.69) is 0 Å². The van der Waals surface area contributed by atoms with Crippen LogP contribution in [0, 0.1) is 0 Å². The smallest absolute Gasteiger partial charge is 0.317 e. The fraction of sp³-hybridized carbons (Fsp3) is 0.250. The van der Waals surface area contributed by atoms with E-state index >= 15 is 0 Å². The number of methoxy groups -OCH3 is 1. The standard InChI is InChI=1S/C20H21NO3/c1-4-24-20(22)19(14-8-6-5-7-9-14)17-13-21(2)18-11-10-15(23-3)12-16(17)18/h5-13,19H,4H2,1-3H3. The van der Waals surface area contributed by atoms with Crippen molar-refractivity contribution >= 4 is 16.9 Å². The van der Waals surface area contributed by atoms with E-state index in [0.717, 1.165) is 27.8 Å². The van der Waals surface area contributed by atoms with Crippen molar-refractivity contribution in [3.05, 3.63) is 65.9 Å². The number of aryl methyl sites for hydroxylation is 1. The SMILES string of the molecule is CCOC(=O)C(c1ccccc1)c1cn(C)c2ccc(OC)cc12. The summed E-state index contributed by atoms with van der Waals surface area (Å²) in [6.45, 7) is 2.18. The Labute approximate surface area is 141 Å². The van der Waals surface area contributed by atoms with Gasteiger partial charge in [-0.1, -0.05) is 30.3 Å². The largest absolute Gasteiger partial charge is 0.497 e. The van der Waals surface area contributed by atoms with Crippen LogP contribution in [0.5, 0.6) is 5.75 Å². The summed E-state index contributed by atoms with van der Waals surface area (Å²) in [4.78, 5) is 12.7. The molecule has 0 saturated carbocycles. The number of nitrogens with zero attached hydrogens (tertiary/aromatic N) is 1. The second-order valence-electron chi connectivity index (χ2n) is 5.67. The Balaban J connectivity index is 2.21. The van der Waals surface area contributed by atoms with Gasteiger partial charge in [-0.25, -0.2) is 0 Å². The van der Waals surface area contributed by atoms with Gasteiger partial charge in [0.2, 0.25) is 0 Å². The lowest BCUT2D eigenvalue weighted by atomic mass is 9.91. The van der Waals surface area contributed by atoms with Crippen molar-refractivity contribution in [2.45, 2.75) is 12.8 Å². The molecule has 24 heavy (non-hydrogen) atoms. The molecule has 1 aromatic heterocycles. The van der Waals surface area contributed by atoms with Crippen LogP contribution < -0.4 is 4.74 Å². The molecule has 0 aliphatic rings. The third-order valence-electron chi connectivity index (χ3n) is 4.19. The third-order valence-corrected chi connectivity index (χ3v) is 4.19. The van der Waals surface area contributed by atoms with Gasteiger partial charge in [-0.3, -0.25) is 4.79 Å². The Morgan fingerprint density at radius 3 is 2.58 bits per heavy atom. The van der Waals surface area contributed by atoms with Gasteiger partial charge < -0.3 is 14.0 Å². The minimum atomic E-state index is -0.457. The van der Waals surface area contributed by atoms with E-state index in [1.165, 1.54) is 0 Å². The van der Waals surface area contributed by atoms with E-state index in [9.17, 15) is 4.79 Å². The van der Waals surface area contributed by atoms with Crippen LogP contribution in [-0.2, 0) is 16.6 Å². The number of esters is 1. The van der Waals surface area contributed by atoms with E-state index in [1.54, 1.807) is 7.11 Å². The monoisotopic (exact) mass is 323 g/mol. The van der Waals surface area contributed by atoms with E-state index < -0.39 is 5.92 Å². The molecule has 3 rings (SSSR count). The molecule has 0 fully saturated rings. The Bertz CT molecular complexity index is 852. The fourth-order valence-electron chi connectivity index (χ4n) is 3.07. The maximum Gasteiger partial charge on any atom is 0.317 e. The van der Waals surface area contributed by atoms with Crippen LogP contribution in [0.15, 0.2) is 54.7 Å². The summed E-state index contributed by atoms with van der Waals surface area (Å²) >= 11 is 0. The second kappa shape index (κ2) is 6.79. The van der Waals surface area contributed by atoms with Crippen LogP contribution >= 0.6 is 0 Å². The van der Waals surface area contributed by atoms with Gasteiger partial charge in [0.05, 0.1) is 13.7 Å². The van der Waals surface area contributed by atoms with Gasteiger partial charge in [-0.2, -0.15) is 0 Å². The molecule has 1 atom stereocenters. The van der Waals surface area contributed by atoms with Gasteiger partial charge in [0.25, 0.3) is 0 Å². The number of rotatable bonds is 5. The maximum absolute atomic E-state index is 12.7. The average molecular weight is 323 g/mol. The van der Waals surface area contributed by atoms with Crippen molar-refractivity contribution in [1.29, 1.82) is 0 Å². The highest BCUT2D eigenvalue weighted by atomic mass is 16.5. The summed E-state index contributed by atoms with van der Waals surface area (Å²) in [6.07, 6.45) is 2.00. The lowest BCUT2D eigenvalue weighted by Crippen LogP contribution is -2.17. The second-order valence-corrected chi connectivity index (χ2v) is 5.67. The van der Waals surface area contributed by atoms with E-state index in [0.29, 0.717) is 6.61 Å². The zero-order valence-corrected chi connectivity index (χ0v) is 14.2. The quantitative estimate of drug-likeness (QED) is 0.669. The van der Waals surface area contributed by atoms with Gasteiger partial charge in [0, 0.05) is 24.1 Å². The summed E-state index contributed by atoms with van der Waals surface area (Å²) in [5.74, 6) is 0.0756. The molecule has 0 bridgehead atoms. The van der Waals surface area contributed by atoms with Crippen LogP contribution in [0.3, 0.4) is 0 Å². The van der Waals surface area contributed by atoms with Crippen LogP contribution in [0.1, 0.15) is 24.0 Å². The highest BCUT2D eigenvalue weighted by molar-refractivity contribution is 5.93. The first-order valence-electron chi connectivity index (χ1n) is 8.00. The molecule has 4 heteroatoms. The predicted molar refractivity (Wildman–Crippen MR) is 94.4 cm³/mol. The van der Waals surface area contributed by atoms with Crippen molar-refractivity contribution in [2.75, 3.05) is 13.7 Å². The first kappa shape index (κ1) is 16.1. The Morgan fingerprint density at radius 2 is 1.92 bits per heavy atom. The minimum Gasteiger partial charge on any atom is -0.497 e. The molecule has 1 heterocycles. The zero-order chi connectivity index (χ0) is 17.1. The van der Waals surface area contributed by atoms with Gasteiger partial charge in [0.15, 0.2) is 0 Å². The van der Waals surface area contributed by atoms with Gasteiger partial charge in [0.1, 0.15) is 11.7 Å². The Morgan fingerprint density at radius 1 is 1.17 bits per heavy atom. The van der Waals surface area contributed by atoms with Crippen LogP contribution in [-0.4, -0.2) is 24.3 Å². The summed E-state index contributed by atoms with van der Waals surface area (Å²) in [7, 11) is 3.62. The number of hydrogen-bond donors (Lipinski definition) is 0. The number of carbonyl (C=O) groups excluding carboxylic acids is 1. The Hall–Kier alpha value is -2.75. The highest BCUT2D eigenvalue weighted by Crippen LogP contribution is 2.34. The topological polar surface area (TPSA) is 40.5 Å². The van der Waals surface area contributed by atoms with Crippen molar-refractivity contribution in [2.24, 2.45) is 7.05 Å². The molecule has 3 aromatic rings. The van der Waals surface area contributed by atoms with Crippen molar-refractivity contribution < 1.29 is 14.3 Å². The summed E-state index contributed by atoms with van der Waals surface area (Å²) in [5, 5.41) is 0.999. The fourth-order valence-corrected chi connectivity index (χ4v) is 3.07. The van der Waals surface area contributed by atoms with Crippen molar-refractivity contribution in [3.63, 3.8) is 0 Å². The molecule has 0 spiro atoms. The Kier molecular flexibility index (Phi) is 4.56. The highest BCUT2D eigenvalue weighted by Gasteiger charge is 2.27. The molecule has 1 unspecified atom stereocenters. The molecule has 0 saturated heterocycles. The van der Waals surface area contributed by atoms with Gasteiger partial charge in [-0.15, -0.1) is 0 Å². The number of fused-ring (bicyclic) bond motifs is 1. The average Bonchev–Trinajstić information content (AvgIpc) is 2.92. The first-order chi connectivity index (χ1) is 11.7. The van der Waals surface area contributed by atoms with Gasteiger partial charge >= 0.3 is 5.97 Å².